The van der Waals surface area contributed by atoms with Crippen LogP contribution in [0, 0.1) is 6.92 Å². The molecule has 3 aromatic carbocycles. The summed E-state index contributed by atoms with van der Waals surface area (Å²) in [4.78, 5) is 0. The minimum absolute atomic E-state index is 0.0887. The maximum Gasteiger partial charge on any atom is 0.289 e. The highest BCUT2D eigenvalue weighted by atomic mass is 15.2. The van der Waals surface area contributed by atoms with Gasteiger partial charge in [0.25, 0.3) is 5.82 Å². The zero-order valence-corrected chi connectivity index (χ0v) is 14.5. The Bertz CT molecular complexity index is 1290. The van der Waals surface area contributed by atoms with E-state index in [0.717, 1.165) is 38.8 Å². The van der Waals surface area contributed by atoms with Crippen LogP contribution >= 0.6 is 0 Å². The second-order valence-electron chi connectivity index (χ2n) is 6.74. The Kier molecular flexibility index (Phi) is 2.42. The summed E-state index contributed by atoms with van der Waals surface area (Å²) in [6, 6.07) is 17.7. The fraction of sp³-hybridized carbons (Fsp3) is 0.261. The largest absolute Gasteiger partial charge is 0.289 e. The molecule has 5 rings (SSSR count). The molecule has 1 aliphatic rings. The molecule has 2 bridgehead atoms. The average molecular weight is 331 g/mol. The number of aryl methyl sites for hydroxylation is 4. The van der Waals surface area contributed by atoms with Crippen molar-refractivity contribution < 1.29 is 10.1 Å². The average Bonchev–Trinajstić information content (AvgIpc) is 2.98. The van der Waals surface area contributed by atoms with E-state index in [1.807, 2.05) is 62.5 Å². The van der Waals surface area contributed by atoms with Gasteiger partial charge in [-0.1, -0.05) is 36.4 Å². The predicted octanol–water partition coefficient (Wildman–Crippen LogP) is 4.93. The van der Waals surface area contributed by atoms with Gasteiger partial charge in [-0.25, -0.2) is 9.13 Å². The zero-order chi connectivity index (χ0) is 20.6. The third kappa shape index (κ3) is 2.13. The van der Waals surface area contributed by atoms with Crippen molar-refractivity contribution in [2.75, 3.05) is 0 Å². The summed E-state index contributed by atoms with van der Waals surface area (Å²) in [6.45, 7) is 0.316. The lowest BCUT2D eigenvalue weighted by atomic mass is 9.94. The number of benzene rings is 3. The second kappa shape index (κ2) is 5.45. The molecule has 0 N–H and O–H groups in total. The molecule has 0 unspecified atom stereocenters. The summed E-state index contributed by atoms with van der Waals surface area (Å²) in [7, 11) is 1.98. The van der Waals surface area contributed by atoms with Gasteiger partial charge < -0.3 is 0 Å². The van der Waals surface area contributed by atoms with Crippen molar-refractivity contribution in [2.24, 2.45) is 7.05 Å². The van der Waals surface area contributed by atoms with Crippen LogP contribution < -0.4 is 4.57 Å². The number of imidazole rings is 1. The molecule has 0 radical (unpaired) electrons. The fourth-order valence-electron chi connectivity index (χ4n) is 3.98. The van der Waals surface area contributed by atoms with E-state index < -0.39 is 12.9 Å². The Labute approximate surface area is 154 Å². The van der Waals surface area contributed by atoms with Crippen LogP contribution in [0.1, 0.15) is 29.5 Å². The molecule has 25 heavy (non-hydrogen) atoms. The normalized spacial score (nSPS) is 20.6. The quantitative estimate of drug-likeness (QED) is 0.404. The maximum atomic E-state index is 8.92. The van der Waals surface area contributed by atoms with Crippen molar-refractivity contribution in [3.8, 4) is 11.4 Å². The van der Waals surface area contributed by atoms with E-state index in [2.05, 4.69) is 10.6 Å². The standard InChI is InChI=1S/C23H23N2/c1-16-14-18-10-7-9-17-8-5-6-13-25-22-12-4-3-11-21(22)24(2)23(25)19(16)15-20(17)18/h3-4,7,9-12,14-15H,5-6,8,13H2,1-2H3/q+1/i8D2,13D2. The van der Waals surface area contributed by atoms with E-state index in [9.17, 15) is 0 Å². The zero-order valence-electron chi connectivity index (χ0n) is 18.5. The van der Waals surface area contributed by atoms with E-state index in [4.69, 9.17) is 5.48 Å². The van der Waals surface area contributed by atoms with Gasteiger partial charge in [0.15, 0.2) is 11.0 Å². The molecule has 0 amide bonds. The summed E-state index contributed by atoms with van der Waals surface area (Å²) >= 11 is 0. The Morgan fingerprint density at radius 3 is 2.84 bits per heavy atom. The molecule has 2 heterocycles. The highest BCUT2D eigenvalue weighted by molar-refractivity contribution is 5.91. The molecule has 0 saturated heterocycles. The smallest absolute Gasteiger partial charge is 0.226 e. The van der Waals surface area contributed by atoms with Crippen LogP contribution in [0.25, 0.3) is 33.2 Å². The van der Waals surface area contributed by atoms with Gasteiger partial charge in [0.05, 0.1) is 21.8 Å². The van der Waals surface area contributed by atoms with E-state index >= 15 is 0 Å². The number of rotatable bonds is 0. The van der Waals surface area contributed by atoms with E-state index in [0.29, 0.717) is 5.56 Å². The van der Waals surface area contributed by atoms with Crippen molar-refractivity contribution in [3.05, 3.63) is 65.7 Å². The molecule has 0 spiro atoms. The number of para-hydroxylation sites is 2. The molecule has 0 saturated carbocycles. The summed E-state index contributed by atoms with van der Waals surface area (Å²) in [5.74, 6) is 0.813. The first-order valence-corrected chi connectivity index (χ1v) is 8.75. The number of hydrogen-bond donors (Lipinski definition) is 0. The molecular weight excluding hydrogens is 304 g/mol. The molecule has 0 aliphatic carbocycles. The van der Waals surface area contributed by atoms with E-state index in [-0.39, 0.29) is 12.8 Å². The van der Waals surface area contributed by atoms with Gasteiger partial charge in [0.2, 0.25) is 0 Å². The van der Waals surface area contributed by atoms with Crippen LogP contribution in [-0.2, 0) is 19.9 Å². The van der Waals surface area contributed by atoms with Crippen LogP contribution in [0.15, 0.2) is 54.6 Å². The number of hydrogen-bond acceptors (Lipinski definition) is 0. The van der Waals surface area contributed by atoms with Gasteiger partial charge in [-0.2, -0.15) is 0 Å². The Balaban J connectivity index is 2.00. The molecule has 2 nitrogen and oxygen atoms in total. The van der Waals surface area contributed by atoms with Crippen molar-refractivity contribution in [2.45, 2.75) is 32.6 Å². The lowest BCUT2D eigenvalue weighted by Crippen LogP contribution is -2.36. The van der Waals surface area contributed by atoms with Gasteiger partial charge in [-0.05, 0) is 66.2 Å². The summed E-state index contributed by atoms with van der Waals surface area (Å²) < 4.78 is 39.1. The molecule has 0 fully saturated rings. The first-order chi connectivity index (χ1) is 13.7. The molecule has 1 aliphatic heterocycles. The van der Waals surface area contributed by atoms with Gasteiger partial charge in [0, 0.05) is 2.74 Å². The first-order valence-electron chi connectivity index (χ1n) is 10.7. The first kappa shape index (κ1) is 11.1. The maximum absolute atomic E-state index is 8.92. The second-order valence-corrected chi connectivity index (χ2v) is 6.74. The number of fused-ring (bicyclic) bond motifs is 5. The fourth-order valence-corrected chi connectivity index (χ4v) is 3.98. The van der Waals surface area contributed by atoms with Gasteiger partial charge in [-0.3, -0.25) is 0 Å². The highest BCUT2D eigenvalue weighted by Gasteiger charge is 2.26. The van der Waals surface area contributed by atoms with E-state index in [1.165, 1.54) is 0 Å². The molecular formula is C23H23N2+. The number of nitrogens with zero attached hydrogens (tertiary/aromatic N) is 2. The lowest BCUT2D eigenvalue weighted by molar-refractivity contribution is -0.661. The molecule has 124 valence electrons. The van der Waals surface area contributed by atoms with Crippen molar-refractivity contribution in [1.29, 1.82) is 0 Å². The minimum atomic E-state index is -1.72. The molecule has 1 aromatic heterocycles. The summed E-state index contributed by atoms with van der Waals surface area (Å²) in [6.07, 6.45) is -1.41. The molecule has 4 aromatic rings. The van der Waals surface area contributed by atoms with E-state index in [1.54, 1.807) is 4.57 Å². The third-order valence-electron chi connectivity index (χ3n) is 5.19. The summed E-state index contributed by atoms with van der Waals surface area (Å²) in [5.41, 5.74) is 4.40. The van der Waals surface area contributed by atoms with Crippen LogP contribution in [0.4, 0.5) is 0 Å². The molecule has 0 atom stereocenters. The number of aromatic nitrogens is 2. The van der Waals surface area contributed by atoms with Crippen LogP contribution in [-0.4, -0.2) is 4.57 Å². The van der Waals surface area contributed by atoms with Gasteiger partial charge in [0.1, 0.15) is 0 Å². The highest BCUT2D eigenvalue weighted by Crippen LogP contribution is 2.32. The Morgan fingerprint density at radius 2 is 1.92 bits per heavy atom. The Morgan fingerprint density at radius 1 is 1.04 bits per heavy atom. The Hall–Kier alpha value is -2.61. The monoisotopic (exact) mass is 331 g/mol. The van der Waals surface area contributed by atoms with Gasteiger partial charge >= 0.3 is 0 Å². The summed E-state index contributed by atoms with van der Waals surface area (Å²) in [5, 5.41) is 1.92. The van der Waals surface area contributed by atoms with Gasteiger partial charge in [-0.15, -0.1) is 0 Å². The predicted molar refractivity (Wildman–Crippen MR) is 104 cm³/mol. The molecule has 2 heteroatoms. The van der Waals surface area contributed by atoms with Crippen LogP contribution in [0.2, 0.25) is 0 Å². The van der Waals surface area contributed by atoms with Crippen molar-refractivity contribution >= 4 is 21.8 Å². The van der Waals surface area contributed by atoms with Crippen molar-refractivity contribution in [3.63, 3.8) is 0 Å². The van der Waals surface area contributed by atoms with Crippen LogP contribution in [0.5, 0.6) is 0 Å². The van der Waals surface area contributed by atoms with Crippen LogP contribution in [0.3, 0.4) is 0 Å². The lowest BCUT2D eigenvalue weighted by Gasteiger charge is -2.13. The minimum Gasteiger partial charge on any atom is -0.226 e. The third-order valence-corrected chi connectivity index (χ3v) is 5.19. The topological polar surface area (TPSA) is 8.81 Å². The van der Waals surface area contributed by atoms with Crippen molar-refractivity contribution in [1.82, 2.24) is 4.57 Å². The SMILES string of the molecule is [2H]C1([2H])CCC([2H])([2H])[n+]2c(n(C)c3ccccc32)-c2cc3c1cccc3cc2C.